The van der Waals surface area contributed by atoms with E-state index in [1.807, 2.05) is 15.9 Å². The summed E-state index contributed by atoms with van der Waals surface area (Å²) in [6.45, 7) is 4.51. The standard InChI is InChI=1S/C19H23FN2O2/c1-13-9-16(13)17(23)22-8-6-19(12-22)5-7-21(18(19)24)11-14-3-2-4-15(20)10-14/h2-4,10,13,16H,5-9,11-12H2,1H3. The highest BCUT2D eigenvalue weighted by Crippen LogP contribution is 2.45. The van der Waals surface area contributed by atoms with E-state index in [-0.39, 0.29) is 23.5 Å². The highest BCUT2D eigenvalue weighted by molar-refractivity contribution is 5.88. The van der Waals surface area contributed by atoms with Gasteiger partial charge in [0.1, 0.15) is 5.82 Å². The van der Waals surface area contributed by atoms with Gasteiger partial charge in [0.2, 0.25) is 11.8 Å². The van der Waals surface area contributed by atoms with Gasteiger partial charge in [0, 0.05) is 32.1 Å². The Morgan fingerprint density at radius 1 is 1.33 bits per heavy atom. The number of benzene rings is 1. The lowest BCUT2D eigenvalue weighted by molar-refractivity contribution is -0.137. The molecule has 0 aromatic heterocycles. The van der Waals surface area contributed by atoms with Crippen molar-refractivity contribution in [2.24, 2.45) is 17.3 Å². The van der Waals surface area contributed by atoms with Gasteiger partial charge < -0.3 is 9.80 Å². The van der Waals surface area contributed by atoms with Crippen molar-refractivity contribution in [3.05, 3.63) is 35.6 Å². The third kappa shape index (κ3) is 2.60. The van der Waals surface area contributed by atoms with Crippen LogP contribution in [0.1, 0.15) is 31.7 Å². The molecule has 5 heteroatoms. The van der Waals surface area contributed by atoms with Gasteiger partial charge in [0.05, 0.1) is 5.41 Å². The summed E-state index contributed by atoms with van der Waals surface area (Å²) in [4.78, 5) is 29.1. The van der Waals surface area contributed by atoms with Crippen molar-refractivity contribution in [2.75, 3.05) is 19.6 Å². The van der Waals surface area contributed by atoms with Crippen LogP contribution in [0.25, 0.3) is 0 Å². The molecule has 4 rings (SSSR count). The first-order valence-corrected chi connectivity index (χ1v) is 8.81. The van der Waals surface area contributed by atoms with Crippen molar-refractivity contribution in [1.29, 1.82) is 0 Å². The largest absolute Gasteiger partial charge is 0.341 e. The van der Waals surface area contributed by atoms with Gasteiger partial charge in [-0.2, -0.15) is 0 Å². The van der Waals surface area contributed by atoms with E-state index in [1.165, 1.54) is 12.1 Å². The minimum absolute atomic E-state index is 0.130. The Labute approximate surface area is 141 Å². The van der Waals surface area contributed by atoms with E-state index < -0.39 is 5.41 Å². The number of carbonyl (C=O) groups excluding carboxylic acids is 2. The maximum absolute atomic E-state index is 13.3. The number of halogens is 1. The van der Waals surface area contributed by atoms with Gasteiger partial charge in [-0.1, -0.05) is 19.1 Å². The molecule has 2 heterocycles. The van der Waals surface area contributed by atoms with Crippen molar-refractivity contribution in [2.45, 2.75) is 32.7 Å². The van der Waals surface area contributed by atoms with Gasteiger partial charge in [-0.25, -0.2) is 4.39 Å². The zero-order chi connectivity index (χ0) is 16.9. The SMILES string of the molecule is CC1CC1C(=O)N1CCC2(CCN(Cc3cccc(F)c3)C2=O)C1. The van der Waals surface area contributed by atoms with E-state index in [9.17, 15) is 14.0 Å². The second-order valence-electron chi connectivity index (χ2n) is 7.72. The first-order valence-electron chi connectivity index (χ1n) is 8.81. The van der Waals surface area contributed by atoms with Gasteiger partial charge in [0.25, 0.3) is 0 Å². The first kappa shape index (κ1) is 15.6. The number of rotatable bonds is 3. The van der Waals surface area contributed by atoms with E-state index in [2.05, 4.69) is 6.92 Å². The molecule has 2 saturated heterocycles. The summed E-state index contributed by atoms with van der Waals surface area (Å²) in [5, 5.41) is 0. The zero-order valence-electron chi connectivity index (χ0n) is 14.0. The normalized spacial score (nSPS) is 32.0. The molecule has 1 saturated carbocycles. The highest BCUT2D eigenvalue weighted by Gasteiger charge is 2.53. The fourth-order valence-electron chi connectivity index (χ4n) is 4.24. The molecule has 2 aliphatic heterocycles. The van der Waals surface area contributed by atoms with E-state index in [0.717, 1.165) is 24.8 Å². The number of hydrogen-bond donors (Lipinski definition) is 0. The summed E-state index contributed by atoms with van der Waals surface area (Å²) in [5.41, 5.74) is 0.416. The summed E-state index contributed by atoms with van der Waals surface area (Å²) in [5.74, 6) is 0.768. The third-order valence-electron chi connectivity index (χ3n) is 5.96. The number of hydrogen-bond acceptors (Lipinski definition) is 2. The molecule has 3 atom stereocenters. The van der Waals surface area contributed by atoms with Gasteiger partial charge >= 0.3 is 0 Å². The molecule has 0 N–H and O–H groups in total. The van der Waals surface area contributed by atoms with Gasteiger partial charge in [-0.05, 0) is 42.9 Å². The number of amides is 2. The first-order chi connectivity index (χ1) is 11.5. The molecule has 1 aromatic carbocycles. The monoisotopic (exact) mass is 330 g/mol. The Hall–Kier alpha value is -1.91. The van der Waals surface area contributed by atoms with E-state index >= 15 is 0 Å². The second kappa shape index (κ2) is 5.57. The molecule has 1 aromatic rings. The van der Waals surface area contributed by atoms with Crippen LogP contribution in [-0.4, -0.2) is 41.2 Å². The zero-order valence-corrected chi connectivity index (χ0v) is 14.0. The topological polar surface area (TPSA) is 40.6 Å². The molecular formula is C19H23FN2O2. The minimum atomic E-state index is -0.402. The molecule has 2 amide bonds. The predicted octanol–water partition coefficient (Wildman–Crippen LogP) is 2.43. The van der Waals surface area contributed by atoms with Crippen LogP contribution in [0.5, 0.6) is 0 Å². The lowest BCUT2D eigenvalue weighted by Gasteiger charge is -2.24. The Morgan fingerprint density at radius 3 is 2.79 bits per heavy atom. The lowest BCUT2D eigenvalue weighted by Crippen LogP contribution is -2.38. The van der Waals surface area contributed by atoms with Gasteiger partial charge in [-0.15, -0.1) is 0 Å². The van der Waals surface area contributed by atoms with Gasteiger partial charge in [0.15, 0.2) is 0 Å². The van der Waals surface area contributed by atoms with Crippen LogP contribution in [-0.2, 0) is 16.1 Å². The molecule has 1 spiro atoms. The lowest BCUT2D eigenvalue weighted by atomic mass is 9.85. The summed E-state index contributed by atoms with van der Waals surface area (Å²) >= 11 is 0. The van der Waals surface area contributed by atoms with E-state index in [1.54, 1.807) is 6.07 Å². The van der Waals surface area contributed by atoms with E-state index in [0.29, 0.717) is 32.1 Å². The van der Waals surface area contributed by atoms with Crippen LogP contribution in [0.4, 0.5) is 4.39 Å². The fraction of sp³-hybridized carbons (Fsp3) is 0.579. The average molecular weight is 330 g/mol. The minimum Gasteiger partial charge on any atom is -0.341 e. The summed E-state index contributed by atoms with van der Waals surface area (Å²) in [6, 6.07) is 6.42. The Bertz CT molecular complexity index is 692. The van der Waals surface area contributed by atoms with Crippen LogP contribution in [0.2, 0.25) is 0 Å². The van der Waals surface area contributed by atoms with Crippen LogP contribution in [0.15, 0.2) is 24.3 Å². The third-order valence-corrected chi connectivity index (χ3v) is 5.96. The molecule has 0 bridgehead atoms. The molecule has 3 unspecified atom stereocenters. The smallest absolute Gasteiger partial charge is 0.231 e. The Kier molecular flexibility index (Phi) is 3.62. The second-order valence-corrected chi connectivity index (χ2v) is 7.72. The molecule has 1 aliphatic carbocycles. The molecule has 0 radical (unpaired) electrons. The van der Waals surface area contributed by atoms with Crippen molar-refractivity contribution < 1.29 is 14.0 Å². The van der Waals surface area contributed by atoms with Crippen molar-refractivity contribution in [3.8, 4) is 0 Å². The van der Waals surface area contributed by atoms with Crippen LogP contribution >= 0.6 is 0 Å². The summed E-state index contributed by atoms with van der Waals surface area (Å²) in [7, 11) is 0. The molecule has 4 nitrogen and oxygen atoms in total. The quantitative estimate of drug-likeness (QED) is 0.854. The maximum atomic E-state index is 13.3. The van der Waals surface area contributed by atoms with Crippen LogP contribution < -0.4 is 0 Å². The van der Waals surface area contributed by atoms with Crippen molar-refractivity contribution in [1.82, 2.24) is 9.80 Å². The van der Waals surface area contributed by atoms with Crippen molar-refractivity contribution in [3.63, 3.8) is 0 Å². The molecular weight excluding hydrogens is 307 g/mol. The number of nitrogens with zero attached hydrogens (tertiary/aromatic N) is 2. The highest BCUT2D eigenvalue weighted by atomic mass is 19.1. The predicted molar refractivity (Wildman–Crippen MR) is 87.3 cm³/mol. The van der Waals surface area contributed by atoms with Crippen LogP contribution in [0.3, 0.4) is 0 Å². The Balaban J connectivity index is 1.42. The van der Waals surface area contributed by atoms with Gasteiger partial charge in [-0.3, -0.25) is 9.59 Å². The number of likely N-dealkylation sites (tertiary alicyclic amines) is 2. The molecule has 3 fully saturated rings. The number of carbonyl (C=O) groups is 2. The molecule has 24 heavy (non-hydrogen) atoms. The maximum Gasteiger partial charge on any atom is 0.231 e. The van der Waals surface area contributed by atoms with E-state index in [4.69, 9.17) is 0 Å². The summed E-state index contributed by atoms with van der Waals surface area (Å²) in [6.07, 6.45) is 2.55. The molecule has 3 aliphatic rings. The molecule has 128 valence electrons. The Morgan fingerprint density at radius 2 is 2.08 bits per heavy atom. The van der Waals surface area contributed by atoms with Crippen LogP contribution in [0, 0.1) is 23.1 Å². The average Bonchev–Trinajstić information content (AvgIpc) is 3.02. The van der Waals surface area contributed by atoms with Crippen molar-refractivity contribution >= 4 is 11.8 Å². The summed E-state index contributed by atoms with van der Waals surface area (Å²) < 4.78 is 13.3. The fourth-order valence-corrected chi connectivity index (χ4v) is 4.24.